The Morgan fingerprint density at radius 2 is 0.846 bits per heavy atom. The highest BCUT2D eigenvalue weighted by Crippen LogP contribution is 2.38. The van der Waals surface area contributed by atoms with Crippen LogP contribution in [0.3, 0.4) is 0 Å². The molecule has 0 saturated heterocycles. The SMILES string of the molecule is N=C(/C=C(\N)c1cc(N(c2ccc(-c3ccc(-c4ccccc4)cc3)cc2)c2ccc(-c3ccc(-c4ccccc4)cc3)cc2)ccn1)C(F)(F)F. The van der Waals surface area contributed by atoms with E-state index in [4.69, 9.17) is 11.1 Å². The molecule has 7 aromatic rings. The van der Waals surface area contributed by atoms with E-state index in [1.165, 1.54) is 6.20 Å². The molecule has 0 bridgehead atoms. The minimum absolute atomic E-state index is 0.127. The molecule has 1 aromatic heterocycles. The molecule has 0 spiro atoms. The highest BCUT2D eigenvalue weighted by Gasteiger charge is 2.33. The minimum atomic E-state index is -4.82. The van der Waals surface area contributed by atoms with Gasteiger partial charge < -0.3 is 10.6 Å². The zero-order valence-corrected chi connectivity index (χ0v) is 27.9. The molecular weight excluding hydrogens is 654 g/mol. The van der Waals surface area contributed by atoms with E-state index in [9.17, 15) is 13.2 Å². The molecule has 0 unspecified atom stereocenters. The van der Waals surface area contributed by atoms with Gasteiger partial charge in [-0.15, -0.1) is 0 Å². The first kappa shape index (κ1) is 33.8. The summed E-state index contributed by atoms with van der Waals surface area (Å²) in [7, 11) is 0. The molecule has 0 saturated carbocycles. The van der Waals surface area contributed by atoms with E-state index in [0.717, 1.165) is 55.9 Å². The van der Waals surface area contributed by atoms with Crippen LogP contribution in [0.1, 0.15) is 5.69 Å². The molecule has 0 fully saturated rings. The second-order valence-corrected chi connectivity index (χ2v) is 12.2. The molecule has 0 aliphatic carbocycles. The number of hydrogen-bond acceptors (Lipinski definition) is 4. The lowest BCUT2D eigenvalue weighted by molar-refractivity contribution is -0.0583. The lowest BCUT2D eigenvalue weighted by atomic mass is 9.99. The van der Waals surface area contributed by atoms with Crippen molar-refractivity contribution < 1.29 is 13.2 Å². The van der Waals surface area contributed by atoms with Crippen molar-refractivity contribution in [1.29, 1.82) is 5.41 Å². The van der Waals surface area contributed by atoms with Crippen LogP contribution in [0.15, 0.2) is 182 Å². The molecular formula is C45H33F3N4. The third-order valence-electron chi connectivity index (χ3n) is 8.80. The number of benzene rings is 6. The Kier molecular flexibility index (Phi) is 9.50. The number of anilines is 3. The predicted molar refractivity (Wildman–Crippen MR) is 207 cm³/mol. The number of hydrogen-bond donors (Lipinski definition) is 2. The Bertz CT molecular complexity index is 2190. The molecule has 254 valence electrons. The molecule has 52 heavy (non-hydrogen) atoms. The number of alkyl halides is 3. The van der Waals surface area contributed by atoms with Gasteiger partial charge in [-0.05, 0) is 87.0 Å². The molecule has 1 heterocycles. The summed E-state index contributed by atoms with van der Waals surface area (Å²) in [6.45, 7) is 0. The number of halogens is 3. The number of nitrogens with zero attached hydrogens (tertiary/aromatic N) is 2. The second kappa shape index (κ2) is 14.6. The van der Waals surface area contributed by atoms with Gasteiger partial charge in [0.2, 0.25) is 0 Å². The van der Waals surface area contributed by atoms with Crippen LogP contribution in [0.25, 0.3) is 50.2 Å². The van der Waals surface area contributed by atoms with Crippen LogP contribution in [0.4, 0.5) is 30.2 Å². The Hall–Kier alpha value is -6.73. The topological polar surface area (TPSA) is 66.0 Å². The van der Waals surface area contributed by atoms with Crippen molar-refractivity contribution in [1.82, 2.24) is 4.98 Å². The van der Waals surface area contributed by atoms with Crippen molar-refractivity contribution in [3.05, 3.63) is 188 Å². The molecule has 0 atom stereocenters. The van der Waals surface area contributed by atoms with Gasteiger partial charge in [-0.25, -0.2) is 0 Å². The van der Waals surface area contributed by atoms with Gasteiger partial charge in [0.05, 0.1) is 11.4 Å². The van der Waals surface area contributed by atoms with Crippen molar-refractivity contribution in [2.24, 2.45) is 5.73 Å². The van der Waals surface area contributed by atoms with Crippen LogP contribution in [-0.2, 0) is 0 Å². The standard InChI is InChI=1S/C45H33F3N4/c46-45(47,48)44(50)30-42(49)43-29-41(27-28-51-43)52(39-23-19-37(20-24-39)35-15-11-33(12-16-35)31-7-3-1-4-8-31)40-25-21-38(22-26-40)36-17-13-34(14-18-36)32-9-5-2-6-10-32/h1-30,50H,49H2/b42-30-,50-44?. The van der Waals surface area contributed by atoms with Crippen LogP contribution >= 0.6 is 0 Å². The van der Waals surface area contributed by atoms with Crippen molar-refractivity contribution in [2.75, 3.05) is 4.90 Å². The normalized spacial score (nSPS) is 11.6. The van der Waals surface area contributed by atoms with E-state index >= 15 is 0 Å². The lowest BCUT2D eigenvalue weighted by Gasteiger charge is -2.26. The van der Waals surface area contributed by atoms with Gasteiger partial charge in [0.15, 0.2) is 0 Å². The number of nitrogens with two attached hydrogens (primary N) is 1. The van der Waals surface area contributed by atoms with Crippen LogP contribution < -0.4 is 10.6 Å². The first-order chi connectivity index (χ1) is 25.2. The first-order valence-electron chi connectivity index (χ1n) is 16.6. The van der Waals surface area contributed by atoms with Crippen LogP contribution in [-0.4, -0.2) is 16.9 Å². The second-order valence-electron chi connectivity index (χ2n) is 12.2. The summed E-state index contributed by atoms with van der Waals surface area (Å²) in [5.41, 5.74) is 15.4. The number of nitrogens with one attached hydrogen (secondary N) is 1. The smallest absolute Gasteiger partial charge is 0.397 e. The van der Waals surface area contributed by atoms with Gasteiger partial charge in [-0.1, -0.05) is 133 Å². The van der Waals surface area contributed by atoms with Crippen LogP contribution in [0.5, 0.6) is 0 Å². The fourth-order valence-corrected chi connectivity index (χ4v) is 6.05. The van der Waals surface area contributed by atoms with Crippen molar-refractivity contribution in [3.8, 4) is 44.5 Å². The highest BCUT2D eigenvalue weighted by atomic mass is 19.4. The number of rotatable bonds is 9. The molecule has 0 radical (unpaired) electrons. The summed E-state index contributed by atoms with van der Waals surface area (Å²) in [5, 5.41) is 7.40. The number of pyridine rings is 1. The van der Waals surface area contributed by atoms with Gasteiger partial charge in [-0.3, -0.25) is 10.4 Å². The van der Waals surface area contributed by atoms with Gasteiger partial charge in [0.25, 0.3) is 0 Å². The summed E-state index contributed by atoms with van der Waals surface area (Å²) < 4.78 is 39.4. The van der Waals surface area contributed by atoms with E-state index < -0.39 is 11.9 Å². The number of aromatic nitrogens is 1. The van der Waals surface area contributed by atoms with Gasteiger partial charge >= 0.3 is 6.18 Å². The molecule has 7 heteroatoms. The molecule has 3 N–H and O–H groups in total. The molecule has 6 aromatic carbocycles. The van der Waals surface area contributed by atoms with E-state index in [1.54, 1.807) is 12.1 Å². The van der Waals surface area contributed by atoms with E-state index in [0.29, 0.717) is 11.8 Å². The Morgan fingerprint density at radius 1 is 0.500 bits per heavy atom. The summed E-state index contributed by atoms with van der Waals surface area (Å²) in [6.07, 6.45) is -2.73. The summed E-state index contributed by atoms with van der Waals surface area (Å²) in [6, 6.07) is 56.9. The molecule has 0 amide bonds. The Morgan fingerprint density at radius 3 is 1.21 bits per heavy atom. The maximum atomic E-state index is 13.1. The van der Waals surface area contributed by atoms with E-state index in [1.807, 2.05) is 89.8 Å². The molecule has 7 rings (SSSR count). The summed E-state index contributed by atoms with van der Waals surface area (Å²) in [4.78, 5) is 6.22. The average molecular weight is 687 g/mol. The fourth-order valence-electron chi connectivity index (χ4n) is 6.05. The zero-order chi connectivity index (χ0) is 36.1. The van der Waals surface area contributed by atoms with Gasteiger partial charge in [-0.2, -0.15) is 13.2 Å². The van der Waals surface area contributed by atoms with Crippen molar-refractivity contribution in [3.63, 3.8) is 0 Å². The van der Waals surface area contributed by atoms with E-state index in [2.05, 4.69) is 77.8 Å². The van der Waals surface area contributed by atoms with Gasteiger partial charge in [0, 0.05) is 23.3 Å². The zero-order valence-electron chi connectivity index (χ0n) is 27.9. The maximum Gasteiger partial charge on any atom is 0.432 e. The molecule has 4 nitrogen and oxygen atoms in total. The monoisotopic (exact) mass is 686 g/mol. The largest absolute Gasteiger partial charge is 0.432 e. The maximum absolute atomic E-state index is 13.1. The van der Waals surface area contributed by atoms with Crippen molar-refractivity contribution in [2.45, 2.75) is 6.18 Å². The van der Waals surface area contributed by atoms with Crippen LogP contribution in [0, 0.1) is 5.41 Å². The van der Waals surface area contributed by atoms with Gasteiger partial charge in [0.1, 0.15) is 5.71 Å². The summed E-state index contributed by atoms with van der Waals surface area (Å²) >= 11 is 0. The summed E-state index contributed by atoms with van der Waals surface area (Å²) in [5.74, 6) is 0. The number of allylic oxidation sites excluding steroid dienone is 1. The Balaban J connectivity index is 1.22. The fraction of sp³-hybridized carbons (Fsp3) is 0.0222. The highest BCUT2D eigenvalue weighted by molar-refractivity contribution is 6.01. The van der Waals surface area contributed by atoms with Crippen LogP contribution in [0.2, 0.25) is 0 Å². The first-order valence-corrected chi connectivity index (χ1v) is 16.6. The average Bonchev–Trinajstić information content (AvgIpc) is 3.19. The third-order valence-corrected chi connectivity index (χ3v) is 8.80. The lowest BCUT2D eigenvalue weighted by Crippen LogP contribution is -2.20. The molecule has 0 aliphatic rings. The molecule has 0 aliphatic heterocycles. The van der Waals surface area contributed by atoms with Crippen molar-refractivity contribution >= 4 is 28.5 Å². The third kappa shape index (κ3) is 7.54. The predicted octanol–water partition coefficient (Wildman–Crippen LogP) is 12.1. The Labute approximate surface area is 300 Å². The van der Waals surface area contributed by atoms with E-state index in [-0.39, 0.29) is 11.4 Å². The quantitative estimate of drug-likeness (QED) is 0.149. The minimum Gasteiger partial charge on any atom is -0.397 e.